The summed E-state index contributed by atoms with van der Waals surface area (Å²) in [4.78, 5) is 2.53. The van der Waals surface area contributed by atoms with Gasteiger partial charge in [0.2, 0.25) is 0 Å². The molecule has 1 N–H and O–H groups in total. The Morgan fingerprint density at radius 1 is 1.19 bits per heavy atom. The molecule has 0 aliphatic carbocycles. The standard InChI is InChI=1S/C18H29NO2/c1-4-11-21-16-12-14(2)18(15(3)13-16)17(7-10-20)19-8-5-6-9-19/h12-13,17,20H,4-11H2,1-3H3. The van der Waals surface area contributed by atoms with Gasteiger partial charge in [-0.25, -0.2) is 0 Å². The minimum absolute atomic E-state index is 0.244. The second kappa shape index (κ2) is 7.81. The molecule has 3 nitrogen and oxygen atoms in total. The third kappa shape index (κ3) is 3.98. The van der Waals surface area contributed by atoms with Crippen LogP contribution in [-0.4, -0.2) is 36.3 Å². The molecule has 0 amide bonds. The molecule has 0 saturated carbocycles. The van der Waals surface area contributed by atoms with Crippen molar-refractivity contribution in [2.75, 3.05) is 26.3 Å². The van der Waals surface area contributed by atoms with Gasteiger partial charge in [-0.2, -0.15) is 0 Å². The molecule has 1 saturated heterocycles. The van der Waals surface area contributed by atoms with E-state index in [1.807, 2.05) is 0 Å². The van der Waals surface area contributed by atoms with Crippen LogP contribution in [0.1, 0.15) is 55.3 Å². The summed E-state index contributed by atoms with van der Waals surface area (Å²) in [5.41, 5.74) is 3.95. The molecule has 0 radical (unpaired) electrons. The van der Waals surface area contributed by atoms with E-state index >= 15 is 0 Å². The molecular weight excluding hydrogens is 262 g/mol. The van der Waals surface area contributed by atoms with Crippen molar-refractivity contribution in [3.63, 3.8) is 0 Å². The summed E-state index contributed by atoms with van der Waals surface area (Å²) in [5.74, 6) is 0.972. The monoisotopic (exact) mass is 291 g/mol. The number of hydrogen-bond acceptors (Lipinski definition) is 3. The highest BCUT2D eigenvalue weighted by atomic mass is 16.5. The van der Waals surface area contributed by atoms with E-state index in [1.165, 1.54) is 29.5 Å². The number of rotatable bonds is 7. The van der Waals surface area contributed by atoms with Gasteiger partial charge in [0.05, 0.1) is 6.61 Å². The zero-order valence-corrected chi connectivity index (χ0v) is 13.7. The van der Waals surface area contributed by atoms with Gasteiger partial charge in [0.25, 0.3) is 0 Å². The van der Waals surface area contributed by atoms with E-state index in [4.69, 9.17) is 4.74 Å². The summed E-state index contributed by atoms with van der Waals surface area (Å²) < 4.78 is 5.77. The van der Waals surface area contributed by atoms with Crippen LogP contribution in [0, 0.1) is 13.8 Å². The number of aliphatic hydroxyl groups excluding tert-OH is 1. The number of likely N-dealkylation sites (tertiary alicyclic amines) is 1. The first-order valence-electron chi connectivity index (χ1n) is 8.26. The van der Waals surface area contributed by atoms with Gasteiger partial charge in [-0.05, 0) is 81.4 Å². The largest absolute Gasteiger partial charge is 0.494 e. The fraction of sp³-hybridized carbons (Fsp3) is 0.667. The Bertz CT molecular complexity index is 430. The maximum atomic E-state index is 9.46. The fourth-order valence-corrected chi connectivity index (χ4v) is 3.45. The molecule has 0 aromatic heterocycles. The van der Waals surface area contributed by atoms with Crippen LogP contribution in [-0.2, 0) is 0 Å². The van der Waals surface area contributed by atoms with Crippen molar-refractivity contribution in [2.24, 2.45) is 0 Å². The highest BCUT2D eigenvalue weighted by Crippen LogP contribution is 2.34. The molecule has 0 spiro atoms. The normalized spacial score (nSPS) is 17.1. The number of aryl methyl sites for hydroxylation is 2. The minimum Gasteiger partial charge on any atom is -0.494 e. The Balaban J connectivity index is 2.26. The van der Waals surface area contributed by atoms with E-state index < -0.39 is 0 Å². The lowest BCUT2D eigenvalue weighted by Crippen LogP contribution is -2.27. The maximum Gasteiger partial charge on any atom is 0.119 e. The highest BCUT2D eigenvalue weighted by molar-refractivity contribution is 5.43. The van der Waals surface area contributed by atoms with Crippen LogP contribution >= 0.6 is 0 Å². The summed E-state index contributed by atoms with van der Waals surface area (Å²) >= 11 is 0. The van der Waals surface area contributed by atoms with Gasteiger partial charge in [-0.3, -0.25) is 4.90 Å². The van der Waals surface area contributed by atoms with Crippen molar-refractivity contribution < 1.29 is 9.84 Å². The van der Waals surface area contributed by atoms with Crippen molar-refractivity contribution in [2.45, 2.75) is 52.5 Å². The lowest BCUT2D eigenvalue weighted by molar-refractivity contribution is 0.184. The average molecular weight is 291 g/mol. The molecule has 1 atom stereocenters. The van der Waals surface area contributed by atoms with Crippen LogP contribution in [0.2, 0.25) is 0 Å². The van der Waals surface area contributed by atoms with Crippen molar-refractivity contribution >= 4 is 0 Å². The number of nitrogens with zero attached hydrogens (tertiary/aromatic N) is 1. The molecule has 1 aliphatic heterocycles. The van der Waals surface area contributed by atoms with Crippen LogP contribution in [0.15, 0.2) is 12.1 Å². The minimum atomic E-state index is 0.244. The van der Waals surface area contributed by atoms with Crippen LogP contribution < -0.4 is 4.74 Å². The predicted octanol–water partition coefficient (Wildman–Crippen LogP) is 3.61. The van der Waals surface area contributed by atoms with E-state index in [9.17, 15) is 5.11 Å². The highest BCUT2D eigenvalue weighted by Gasteiger charge is 2.25. The van der Waals surface area contributed by atoms with Crippen molar-refractivity contribution in [1.82, 2.24) is 4.90 Å². The summed E-state index contributed by atoms with van der Waals surface area (Å²) in [6, 6.07) is 4.65. The van der Waals surface area contributed by atoms with Gasteiger partial charge in [0, 0.05) is 12.6 Å². The van der Waals surface area contributed by atoms with E-state index in [0.29, 0.717) is 6.04 Å². The van der Waals surface area contributed by atoms with Crippen LogP contribution in [0.25, 0.3) is 0 Å². The van der Waals surface area contributed by atoms with Gasteiger partial charge in [0.15, 0.2) is 0 Å². The fourth-order valence-electron chi connectivity index (χ4n) is 3.45. The van der Waals surface area contributed by atoms with Crippen LogP contribution in [0.3, 0.4) is 0 Å². The first-order chi connectivity index (χ1) is 10.2. The summed E-state index contributed by atoms with van der Waals surface area (Å²) in [5, 5.41) is 9.46. The van der Waals surface area contributed by atoms with Crippen molar-refractivity contribution in [1.29, 1.82) is 0 Å². The first-order valence-corrected chi connectivity index (χ1v) is 8.26. The van der Waals surface area contributed by atoms with Gasteiger partial charge in [-0.15, -0.1) is 0 Å². The summed E-state index contributed by atoms with van der Waals surface area (Å²) in [7, 11) is 0. The molecule has 1 heterocycles. The topological polar surface area (TPSA) is 32.7 Å². The van der Waals surface area contributed by atoms with Gasteiger partial charge >= 0.3 is 0 Å². The Kier molecular flexibility index (Phi) is 6.07. The third-order valence-electron chi connectivity index (χ3n) is 4.36. The Labute approximate surface area is 128 Å². The van der Waals surface area contributed by atoms with Crippen LogP contribution in [0.5, 0.6) is 5.75 Å². The second-order valence-corrected chi connectivity index (χ2v) is 6.09. The molecule has 3 heteroatoms. The van der Waals surface area contributed by atoms with E-state index in [2.05, 4.69) is 37.8 Å². The maximum absolute atomic E-state index is 9.46. The Morgan fingerprint density at radius 2 is 1.81 bits per heavy atom. The van der Waals surface area contributed by atoms with Gasteiger partial charge in [-0.1, -0.05) is 6.92 Å². The molecule has 1 fully saturated rings. The number of hydrogen-bond donors (Lipinski definition) is 1. The van der Waals surface area contributed by atoms with E-state index in [1.54, 1.807) is 0 Å². The molecule has 1 aromatic carbocycles. The van der Waals surface area contributed by atoms with Gasteiger partial charge < -0.3 is 9.84 Å². The van der Waals surface area contributed by atoms with E-state index in [0.717, 1.165) is 38.3 Å². The van der Waals surface area contributed by atoms with Crippen molar-refractivity contribution in [3.8, 4) is 5.75 Å². The Morgan fingerprint density at radius 3 is 2.33 bits per heavy atom. The third-order valence-corrected chi connectivity index (χ3v) is 4.36. The quantitative estimate of drug-likeness (QED) is 0.833. The molecule has 118 valence electrons. The molecule has 21 heavy (non-hydrogen) atoms. The first kappa shape index (κ1) is 16.3. The molecule has 1 aromatic rings. The number of ether oxygens (including phenoxy) is 1. The van der Waals surface area contributed by atoms with E-state index in [-0.39, 0.29) is 6.61 Å². The number of benzene rings is 1. The Hall–Kier alpha value is -1.06. The average Bonchev–Trinajstić information content (AvgIpc) is 2.97. The molecule has 2 rings (SSSR count). The lowest BCUT2D eigenvalue weighted by atomic mass is 9.93. The zero-order chi connectivity index (χ0) is 15.2. The summed E-state index contributed by atoms with van der Waals surface area (Å²) in [6.45, 7) is 9.77. The number of aliphatic hydroxyl groups is 1. The van der Waals surface area contributed by atoms with Gasteiger partial charge in [0.1, 0.15) is 5.75 Å². The smallest absolute Gasteiger partial charge is 0.119 e. The second-order valence-electron chi connectivity index (χ2n) is 6.09. The summed E-state index contributed by atoms with van der Waals surface area (Å²) in [6.07, 6.45) is 4.40. The molecule has 1 unspecified atom stereocenters. The lowest BCUT2D eigenvalue weighted by Gasteiger charge is -2.30. The molecular formula is C18H29NO2. The SMILES string of the molecule is CCCOc1cc(C)c(C(CCO)N2CCCC2)c(C)c1. The zero-order valence-electron chi connectivity index (χ0n) is 13.7. The predicted molar refractivity (Wildman–Crippen MR) is 87.0 cm³/mol. The molecule has 0 bridgehead atoms. The van der Waals surface area contributed by atoms with Crippen molar-refractivity contribution in [3.05, 3.63) is 28.8 Å². The molecule has 1 aliphatic rings. The van der Waals surface area contributed by atoms with Crippen LogP contribution in [0.4, 0.5) is 0 Å².